The van der Waals surface area contributed by atoms with E-state index < -0.39 is 24.9 Å². The van der Waals surface area contributed by atoms with E-state index in [0.29, 0.717) is 29.9 Å². The number of aromatic nitrogens is 2. The number of β-amino-alcohol motifs (C(OH)–C–C–N with tert-alkyl or cyclic N) is 1. The SMILES string of the molecule is Cc1nn(CC(F)(F)F)c(C)c1[C@@H](C)NC(=O)N1CCC[C@@H](O)C1. The largest absolute Gasteiger partial charge is 0.408 e. The molecule has 24 heavy (non-hydrogen) atoms. The molecule has 2 N–H and O–H groups in total. The minimum absolute atomic E-state index is 0.268. The lowest BCUT2D eigenvalue weighted by molar-refractivity contribution is -0.143. The van der Waals surface area contributed by atoms with Crippen molar-refractivity contribution in [3.63, 3.8) is 0 Å². The molecular formula is C15H23F3N4O2. The summed E-state index contributed by atoms with van der Waals surface area (Å²) in [7, 11) is 0. The Hall–Kier alpha value is -1.77. The second-order valence-corrected chi connectivity index (χ2v) is 6.27. The molecule has 0 aliphatic carbocycles. The van der Waals surface area contributed by atoms with Crippen molar-refractivity contribution in [3.05, 3.63) is 17.0 Å². The molecule has 0 saturated carbocycles. The molecule has 1 aromatic rings. The van der Waals surface area contributed by atoms with Gasteiger partial charge in [0.1, 0.15) is 6.54 Å². The molecule has 2 atom stereocenters. The van der Waals surface area contributed by atoms with E-state index in [1.165, 1.54) is 4.90 Å². The van der Waals surface area contributed by atoms with Crippen LogP contribution < -0.4 is 5.32 Å². The van der Waals surface area contributed by atoms with Crippen molar-refractivity contribution in [3.8, 4) is 0 Å². The van der Waals surface area contributed by atoms with E-state index in [2.05, 4.69) is 10.4 Å². The van der Waals surface area contributed by atoms with Crippen molar-refractivity contribution in [2.24, 2.45) is 0 Å². The number of rotatable bonds is 3. The highest BCUT2D eigenvalue weighted by molar-refractivity contribution is 5.75. The quantitative estimate of drug-likeness (QED) is 0.880. The van der Waals surface area contributed by atoms with Crippen LogP contribution in [0.3, 0.4) is 0 Å². The number of likely N-dealkylation sites (tertiary alicyclic amines) is 1. The minimum Gasteiger partial charge on any atom is -0.391 e. The number of hydrogen-bond acceptors (Lipinski definition) is 3. The Bertz CT molecular complexity index is 600. The van der Waals surface area contributed by atoms with Gasteiger partial charge < -0.3 is 15.3 Å². The summed E-state index contributed by atoms with van der Waals surface area (Å²) in [5.41, 5.74) is 1.43. The molecule has 1 fully saturated rings. The van der Waals surface area contributed by atoms with E-state index in [1.807, 2.05) is 0 Å². The van der Waals surface area contributed by atoms with Gasteiger partial charge in [-0.1, -0.05) is 0 Å². The first-order valence-electron chi connectivity index (χ1n) is 7.92. The molecule has 2 rings (SSSR count). The molecule has 0 bridgehead atoms. The Morgan fingerprint density at radius 2 is 2.12 bits per heavy atom. The Balaban J connectivity index is 2.09. The zero-order chi connectivity index (χ0) is 18.1. The summed E-state index contributed by atoms with van der Waals surface area (Å²) in [5.74, 6) is 0. The molecule has 1 aromatic heterocycles. The van der Waals surface area contributed by atoms with Gasteiger partial charge in [-0.15, -0.1) is 0 Å². The van der Waals surface area contributed by atoms with Gasteiger partial charge in [0.25, 0.3) is 0 Å². The Kier molecular flexibility index (Phi) is 5.42. The number of alkyl halides is 3. The van der Waals surface area contributed by atoms with Gasteiger partial charge in [-0.2, -0.15) is 18.3 Å². The lowest BCUT2D eigenvalue weighted by atomic mass is 10.1. The van der Waals surface area contributed by atoms with E-state index in [9.17, 15) is 23.1 Å². The standard InChI is InChI=1S/C15H23F3N4O2/c1-9(19-14(24)21-6-4-5-12(23)7-21)13-10(2)20-22(11(13)3)8-15(16,17)18/h9,12,23H,4-8H2,1-3H3,(H,19,24)/t9-,12-/m1/s1. The summed E-state index contributed by atoms with van der Waals surface area (Å²) in [6.45, 7) is 4.58. The fraction of sp³-hybridized carbons (Fsp3) is 0.733. The first-order chi connectivity index (χ1) is 11.1. The third-order valence-electron chi connectivity index (χ3n) is 4.22. The molecule has 0 aromatic carbocycles. The minimum atomic E-state index is -4.35. The molecule has 2 heterocycles. The average Bonchev–Trinajstić information content (AvgIpc) is 2.71. The van der Waals surface area contributed by atoms with Gasteiger partial charge in [-0.25, -0.2) is 4.79 Å². The smallest absolute Gasteiger partial charge is 0.391 e. The predicted octanol–water partition coefficient (Wildman–Crippen LogP) is 2.29. The van der Waals surface area contributed by atoms with Crippen molar-refractivity contribution >= 4 is 6.03 Å². The first-order valence-corrected chi connectivity index (χ1v) is 7.92. The summed E-state index contributed by atoms with van der Waals surface area (Å²) < 4.78 is 38.7. The highest BCUT2D eigenvalue weighted by Gasteiger charge is 2.31. The number of aryl methyl sites for hydroxylation is 1. The Morgan fingerprint density at radius 3 is 2.71 bits per heavy atom. The van der Waals surface area contributed by atoms with E-state index in [-0.39, 0.29) is 12.6 Å². The van der Waals surface area contributed by atoms with Gasteiger partial charge in [0.2, 0.25) is 0 Å². The fourth-order valence-electron chi connectivity index (χ4n) is 3.15. The molecule has 0 radical (unpaired) electrons. The molecule has 1 aliphatic rings. The molecule has 0 spiro atoms. The monoisotopic (exact) mass is 348 g/mol. The third-order valence-corrected chi connectivity index (χ3v) is 4.22. The maximum absolute atomic E-state index is 12.6. The second-order valence-electron chi connectivity index (χ2n) is 6.27. The Labute approximate surface area is 138 Å². The van der Waals surface area contributed by atoms with Crippen LogP contribution in [-0.2, 0) is 6.54 Å². The molecule has 6 nitrogen and oxygen atoms in total. The summed E-state index contributed by atoms with van der Waals surface area (Å²) in [4.78, 5) is 13.8. The maximum atomic E-state index is 12.6. The number of aliphatic hydroxyl groups excluding tert-OH is 1. The van der Waals surface area contributed by atoms with Crippen LogP contribution in [0.2, 0.25) is 0 Å². The van der Waals surface area contributed by atoms with Crippen LogP contribution in [0.5, 0.6) is 0 Å². The lowest BCUT2D eigenvalue weighted by Gasteiger charge is -2.31. The normalized spacial score (nSPS) is 20.1. The van der Waals surface area contributed by atoms with Crippen LogP contribution in [0.25, 0.3) is 0 Å². The van der Waals surface area contributed by atoms with Gasteiger partial charge in [0, 0.05) is 24.3 Å². The summed E-state index contributed by atoms with van der Waals surface area (Å²) >= 11 is 0. The number of aliphatic hydroxyl groups is 1. The van der Waals surface area contributed by atoms with Gasteiger partial charge in [-0.05, 0) is 33.6 Å². The van der Waals surface area contributed by atoms with E-state index in [4.69, 9.17) is 0 Å². The molecule has 9 heteroatoms. The average molecular weight is 348 g/mol. The zero-order valence-corrected chi connectivity index (χ0v) is 14.0. The number of amides is 2. The molecule has 0 unspecified atom stereocenters. The zero-order valence-electron chi connectivity index (χ0n) is 14.0. The van der Waals surface area contributed by atoms with Gasteiger partial charge in [0.15, 0.2) is 0 Å². The first kappa shape index (κ1) is 18.6. The van der Waals surface area contributed by atoms with Crippen LogP contribution in [0.1, 0.15) is 42.8 Å². The second kappa shape index (κ2) is 7.00. The Morgan fingerprint density at radius 1 is 1.46 bits per heavy atom. The van der Waals surface area contributed by atoms with Crippen LogP contribution >= 0.6 is 0 Å². The number of hydrogen-bond donors (Lipinski definition) is 2. The van der Waals surface area contributed by atoms with Crippen molar-refractivity contribution in [2.45, 2.75) is 58.5 Å². The van der Waals surface area contributed by atoms with Crippen LogP contribution in [-0.4, -0.2) is 51.2 Å². The number of nitrogens with zero attached hydrogens (tertiary/aromatic N) is 3. The molecular weight excluding hydrogens is 325 g/mol. The van der Waals surface area contributed by atoms with Gasteiger partial charge >= 0.3 is 12.2 Å². The van der Waals surface area contributed by atoms with Gasteiger partial charge in [0.05, 0.1) is 17.8 Å². The fourth-order valence-corrected chi connectivity index (χ4v) is 3.15. The number of carbonyl (C=O) groups is 1. The number of urea groups is 1. The highest BCUT2D eigenvalue weighted by atomic mass is 19.4. The van der Waals surface area contributed by atoms with Crippen molar-refractivity contribution < 1.29 is 23.1 Å². The number of piperidine rings is 1. The topological polar surface area (TPSA) is 70.4 Å². The van der Waals surface area contributed by atoms with Crippen LogP contribution in [0, 0.1) is 13.8 Å². The summed E-state index contributed by atoms with van der Waals surface area (Å²) in [5, 5.41) is 16.4. The van der Waals surface area contributed by atoms with E-state index in [0.717, 1.165) is 11.1 Å². The van der Waals surface area contributed by atoms with E-state index >= 15 is 0 Å². The van der Waals surface area contributed by atoms with Crippen molar-refractivity contribution in [1.29, 1.82) is 0 Å². The van der Waals surface area contributed by atoms with Gasteiger partial charge in [-0.3, -0.25) is 4.68 Å². The number of nitrogens with one attached hydrogen (secondary N) is 1. The lowest BCUT2D eigenvalue weighted by Crippen LogP contribution is -2.47. The van der Waals surface area contributed by atoms with E-state index in [1.54, 1.807) is 20.8 Å². The summed E-state index contributed by atoms with van der Waals surface area (Å²) in [6, 6.07) is -0.804. The number of carbonyl (C=O) groups excluding carboxylic acids is 1. The van der Waals surface area contributed by atoms with Crippen molar-refractivity contribution in [1.82, 2.24) is 20.0 Å². The van der Waals surface area contributed by atoms with Crippen LogP contribution in [0.4, 0.5) is 18.0 Å². The predicted molar refractivity (Wildman–Crippen MR) is 81.5 cm³/mol. The molecule has 2 amide bonds. The maximum Gasteiger partial charge on any atom is 0.408 e. The highest BCUT2D eigenvalue weighted by Crippen LogP contribution is 2.25. The molecule has 1 aliphatic heterocycles. The van der Waals surface area contributed by atoms with Crippen LogP contribution in [0.15, 0.2) is 0 Å². The third kappa shape index (κ3) is 4.40. The summed E-state index contributed by atoms with van der Waals surface area (Å²) in [6.07, 6.45) is -3.48. The molecule has 1 saturated heterocycles. The number of halogens is 3. The van der Waals surface area contributed by atoms with Crippen molar-refractivity contribution in [2.75, 3.05) is 13.1 Å². The molecule has 136 valence electrons.